The van der Waals surface area contributed by atoms with Crippen LogP contribution in [-0.4, -0.2) is 16.0 Å². The summed E-state index contributed by atoms with van der Waals surface area (Å²) in [5.74, 6) is 0. The highest BCUT2D eigenvalue weighted by Gasteiger charge is 2.30. The zero-order valence-corrected chi connectivity index (χ0v) is 12.0. The Morgan fingerprint density at radius 2 is 1.95 bits per heavy atom. The molecular weight excluding hydrogens is 312 g/mol. The summed E-state index contributed by atoms with van der Waals surface area (Å²) >= 11 is 11.9. The van der Waals surface area contributed by atoms with Crippen molar-refractivity contribution < 1.29 is 13.2 Å². The van der Waals surface area contributed by atoms with Crippen LogP contribution in [0.3, 0.4) is 0 Å². The van der Waals surface area contributed by atoms with Crippen LogP contribution in [-0.2, 0) is 13.0 Å². The number of hydrogen-bond donors (Lipinski definition) is 0. The van der Waals surface area contributed by atoms with E-state index in [0.717, 1.165) is 4.68 Å². The molecule has 0 atom stereocenters. The van der Waals surface area contributed by atoms with E-state index in [2.05, 4.69) is 5.10 Å². The number of aromatic nitrogens is 2. The predicted molar refractivity (Wildman–Crippen MR) is 73.1 cm³/mol. The molecule has 0 saturated heterocycles. The van der Waals surface area contributed by atoms with Crippen LogP contribution in [0.5, 0.6) is 0 Å². The van der Waals surface area contributed by atoms with Crippen LogP contribution in [0, 0.1) is 0 Å². The highest BCUT2D eigenvalue weighted by atomic mass is 35.5. The summed E-state index contributed by atoms with van der Waals surface area (Å²) in [6, 6.07) is 4.70. The van der Waals surface area contributed by atoms with Crippen molar-refractivity contribution in [3.8, 4) is 11.3 Å². The minimum Gasteiger partial charge on any atom is -0.255 e. The second-order valence-electron chi connectivity index (χ2n) is 4.27. The maximum Gasteiger partial charge on any atom is 0.408 e. The quantitative estimate of drug-likeness (QED) is 0.779. The summed E-state index contributed by atoms with van der Waals surface area (Å²) in [5.41, 5.74) is 1.58. The fraction of sp³-hybridized carbons (Fsp3) is 0.308. The van der Waals surface area contributed by atoms with Crippen LogP contribution >= 0.6 is 23.2 Å². The zero-order chi connectivity index (χ0) is 14.9. The van der Waals surface area contributed by atoms with Crippen LogP contribution in [0.15, 0.2) is 24.4 Å². The Balaban J connectivity index is 2.56. The fourth-order valence-corrected chi connectivity index (χ4v) is 2.46. The molecule has 1 heterocycles. The van der Waals surface area contributed by atoms with Crippen molar-refractivity contribution in [1.29, 1.82) is 0 Å². The van der Waals surface area contributed by atoms with Gasteiger partial charge in [-0.1, -0.05) is 30.1 Å². The SMILES string of the molecule is CCc1cnn(CC(F)(F)F)c1-c1ccc(Cl)cc1Cl. The highest BCUT2D eigenvalue weighted by molar-refractivity contribution is 6.36. The van der Waals surface area contributed by atoms with Gasteiger partial charge in [-0.15, -0.1) is 0 Å². The average Bonchev–Trinajstić information content (AvgIpc) is 2.70. The molecule has 20 heavy (non-hydrogen) atoms. The minimum absolute atomic E-state index is 0.302. The molecule has 0 spiro atoms. The van der Waals surface area contributed by atoms with Gasteiger partial charge in [0, 0.05) is 10.6 Å². The number of rotatable bonds is 3. The molecule has 0 aliphatic carbocycles. The first-order valence-corrected chi connectivity index (χ1v) is 6.64. The normalized spacial score (nSPS) is 11.9. The Hall–Kier alpha value is -1.20. The second kappa shape index (κ2) is 5.66. The lowest BCUT2D eigenvalue weighted by Crippen LogP contribution is -2.19. The standard InChI is InChI=1S/C13H11Cl2F3N2/c1-2-8-6-19-20(7-13(16,17)18)12(8)10-4-3-9(14)5-11(10)15/h3-6H,2,7H2,1H3. The lowest BCUT2D eigenvalue weighted by Gasteiger charge is -2.13. The number of hydrogen-bond acceptors (Lipinski definition) is 1. The van der Waals surface area contributed by atoms with E-state index in [1.54, 1.807) is 12.1 Å². The van der Waals surface area contributed by atoms with Gasteiger partial charge >= 0.3 is 6.18 Å². The maximum absolute atomic E-state index is 12.6. The molecule has 2 nitrogen and oxygen atoms in total. The summed E-state index contributed by atoms with van der Waals surface area (Å²) in [4.78, 5) is 0. The number of alkyl halides is 3. The van der Waals surface area contributed by atoms with E-state index >= 15 is 0 Å². The van der Waals surface area contributed by atoms with Gasteiger partial charge in [0.25, 0.3) is 0 Å². The lowest BCUT2D eigenvalue weighted by atomic mass is 10.1. The second-order valence-corrected chi connectivity index (χ2v) is 5.11. The van der Waals surface area contributed by atoms with Gasteiger partial charge in [-0.05, 0) is 30.2 Å². The molecule has 0 unspecified atom stereocenters. The van der Waals surface area contributed by atoms with E-state index in [0.29, 0.717) is 33.3 Å². The van der Waals surface area contributed by atoms with E-state index in [1.165, 1.54) is 12.3 Å². The topological polar surface area (TPSA) is 17.8 Å². The van der Waals surface area contributed by atoms with Crippen molar-refractivity contribution >= 4 is 23.2 Å². The zero-order valence-electron chi connectivity index (χ0n) is 10.5. The smallest absolute Gasteiger partial charge is 0.255 e. The summed E-state index contributed by atoms with van der Waals surface area (Å²) in [6.07, 6.45) is -2.34. The molecular formula is C13H11Cl2F3N2. The number of benzene rings is 1. The summed E-state index contributed by atoms with van der Waals surface area (Å²) < 4.78 is 38.7. The molecule has 108 valence electrons. The molecule has 0 amide bonds. The van der Waals surface area contributed by atoms with Crippen molar-refractivity contribution in [2.24, 2.45) is 0 Å². The molecule has 1 aromatic heterocycles. The van der Waals surface area contributed by atoms with Crippen LogP contribution in [0.25, 0.3) is 11.3 Å². The lowest BCUT2D eigenvalue weighted by molar-refractivity contribution is -0.142. The van der Waals surface area contributed by atoms with Gasteiger partial charge < -0.3 is 0 Å². The molecule has 0 radical (unpaired) electrons. The van der Waals surface area contributed by atoms with Gasteiger partial charge in [0.2, 0.25) is 0 Å². The predicted octanol–water partition coefficient (Wildman–Crippen LogP) is 4.98. The molecule has 2 rings (SSSR count). The van der Waals surface area contributed by atoms with Gasteiger partial charge in [-0.3, -0.25) is 4.68 Å². The molecule has 2 aromatic rings. The summed E-state index contributed by atoms with van der Waals surface area (Å²) in [5, 5.41) is 4.55. The molecule has 0 bridgehead atoms. The Morgan fingerprint density at radius 3 is 2.50 bits per heavy atom. The molecule has 0 saturated carbocycles. The van der Waals surface area contributed by atoms with E-state index in [4.69, 9.17) is 23.2 Å². The highest BCUT2D eigenvalue weighted by Crippen LogP contribution is 2.34. The Kier molecular flexibility index (Phi) is 4.30. The fourth-order valence-electron chi connectivity index (χ4n) is 1.97. The third-order valence-electron chi connectivity index (χ3n) is 2.81. The van der Waals surface area contributed by atoms with E-state index < -0.39 is 12.7 Å². The number of halogens is 5. The molecule has 0 fully saturated rings. The first-order chi connectivity index (χ1) is 9.31. The largest absolute Gasteiger partial charge is 0.408 e. The molecule has 7 heteroatoms. The van der Waals surface area contributed by atoms with Crippen molar-refractivity contribution in [2.75, 3.05) is 0 Å². The van der Waals surface area contributed by atoms with Crippen molar-refractivity contribution in [3.63, 3.8) is 0 Å². The first-order valence-electron chi connectivity index (χ1n) is 5.88. The van der Waals surface area contributed by atoms with Crippen LogP contribution in [0.2, 0.25) is 10.0 Å². The van der Waals surface area contributed by atoms with Gasteiger partial charge in [-0.25, -0.2) is 0 Å². The Labute approximate surface area is 124 Å². The van der Waals surface area contributed by atoms with E-state index in [1.807, 2.05) is 6.92 Å². The summed E-state index contributed by atoms with van der Waals surface area (Å²) in [6.45, 7) is 0.698. The maximum atomic E-state index is 12.6. The molecule has 1 aromatic carbocycles. The van der Waals surface area contributed by atoms with Crippen LogP contribution < -0.4 is 0 Å². The summed E-state index contributed by atoms with van der Waals surface area (Å²) in [7, 11) is 0. The first kappa shape index (κ1) is 15.2. The third-order valence-corrected chi connectivity index (χ3v) is 3.36. The minimum atomic E-state index is -4.34. The van der Waals surface area contributed by atoms with Crippen molar-refractivity contribution in [1.82, 2.24) is 9.78 Å². The molecule has 0 aliphatic rings. The van der Waals surface area contributed by atoms with Gasteiger partial charge in [-0.2, -0.15) is 18.3 Å². The van der Waals surface area contributed by atoms with Gasteiger partial charge in [0.1, 0.15) is 6.54 Å². The van der Waals surface area contributed by atoms with Crippen LogP contribution in [0.4, 0.5) is 13.2 Å². The van der Waals surface area contributed by atoms with Gasteiger partial charge in [0.05, 0.1) is 16.9 Å². The van der Waals surface area contributed by atoms with E-state index in [9.17, 15) is 13.2 Å². The number of aryl methyl sites for hydroxylation is 1. The van der Waals surface area contributed by atoms with Crippen LogP contribution in [0.1, 0.15) is 12.5 Å². The van der Waals surface area contributed by atoms with Crippen molar-refractivity contribution in [3.05, 3.63) is 40.0 Å². The van der Waals surface area contributed by atoms with Crippen molar-refractivity contribution in [2.45, 2.75) is 26.1 Å². The molecule has 0 N–H and O–H groups in total. The monoisotopic (exact) mass is 322 g/mol. The third kappa shape index (κ3) is 3.27. The molecule has 0 aliphatic heterocycles. The average molecular weight is 323 g/mol. The van der Waals surface area contributed by atoms with E-state index in [-0.39, 0.29) is 0 Å². The Bertz CT molecular complexity index is 621. The number of nitrogens with zero attached hydrogens (tertiary/aromatic N) is 2. The Morgan fingerprint density at radius 1 is 1.25 bits per heavy atom. The van der Waals surface area contributed by atoms with Gasteiger partial charge in [0.15, 0.2) is 0 Å².